The Kier molecular flexibility index (Phi) is 4.81. The summed E-state index contributed by atoms with van der Waals surface area (Å²) in [7, 11) is 0. The van der Waals surface area contributed by atoms with Crippen LogP contribution in [0.3, 0.4) is 0 Å². The summed E-state index contributed by atoms with van der Waals surface area (Å²) >= 11 is 5.75. The van der Waals surface area contributed by atoms with Crippen molar-refractivity contribution in [2.75, 3.05) is 0 Å². The van der Waals surface area contributed by atoms with E-state index in [9.17, 15) is 9.59 Å². The van der Waals surface area contributed by atoms with Gasteiger partial charge < -0.3 is 0 Å². The van der Waals surface area contributed by atoms with Crippen LogP contribution in [-0.4, -0.2) is 21.7 Å². The van der Waals surface area contributed by atoms with E-state index in [0.29, 0.717) is 16.1 Å². The number of carbonyl (C=O) groups is 2. The van der Waals surface area contributed by atoms with Crippen LogP contribution in [0.2, 0.25) is 5.02 Å². The zero-order chi connectivity index (χ0) is 15.2. The fourth-order valence-corrected chi connectivity index (χ4v) is 1.70. The number of carbonyl (C=O) groups excluding carboxylic acids is 2. The second-order valence-corrected chi connectivity index (χ2v) is 4.57. The van der Waals surface area contributed by atoms with Crippen LogP contribution in [-0.2, 0) is 0 Å². The van der Waals surface area contributed by atoms with E-state index in [4.69, 9.17) is 17.4 Å². The summed E-state index contributed by atoms with van der Waals surface area (Å²) in [5.74, 6) is 4.90. The fourth-order valence-electron chi connectivity index (χ4n) is 1.57. The largest absolute Gasteiger partial charge is 0.289 e. The van der Waals surface area contributed by atoms with Crippen molar-refractivity contribution in [2.24, 2.45) is 5.84 Å². The van der Waals surface area contributed by atoms with Crippen LogP contribution in [0, 0.1) is 0 Å². The number of nitrogens with two attached hydrogens (primary N) is 1. The Labute approximate surface area is 126 Å². The summed E-state index contributed by atoms with van der Waals surface area (Å²) < 4.78 is 0. The third-order valence-electron chi connectivity index (χ3n) is 2.68. The van der Waals surface area contributed by atoms with Gasteiger partial charge in [-0.25, -0.2) is 5.84 Å². The standard InChI is InChI=1S/C15H12ClN3O2/c16-13-3-1-11(2-4-13)14(20)7-10-19(17)15(21)12-5-8-18-9-6-12/h1-10H,17H2. The van der Waals surface area contributed by atoms with Crippen LogP contribution in [0.1, 0.15) is 20.7 Å². The number of pyridine rings is 1. The number of rotatable bonds is 4. The van der Waals surface area contributed by atoms with Crippen LogP contribution >= 0.6 is 11.6 Å². The predicted octanol–water partition coefficient (Wildman–Crippen LogP) is 2.45. The van der Waals surface area contributed by atoms with Crippen molar-refractivity contribution in [3.8, 4) is 0 Å². The number of halogens is 1. The molecule has 2 rings (SSSR count). The van der Waals surface area contributed by atoms with Gasteiger partial charge in [0.2, 0.25) is 0 Å². The molecule has 0 fully saturated rings. The molecule has 0 atom stereocenters. The average Bonchev–Trinajstić information content (AvgIpc) is 2.53. The smallest absolute Gasteiger partial charge is 0.272 e. The van der Waals surface area contributed by atoms with Crippen LogP contribution in [0.25, 0.3) is 0 Å². The van der Waals surface area contributed by atoms with E-state index in [1.807, 2.05) is 0 Å². The first kappa shape index (κ1) is 14.9. The summed E-state index contributed by atoms with van der Waals surface area (Å²) in [5, 5.41) is 1.40. The Bertz CT molecular complexity index is 669. The topological polar surface area (TPSA) is 76.3 Å². The quantitative estimate of drug-likeness (QED) is 0.309. The highest BCUT2D eigenvalue weighted by Gasteiger charge is 2.10. The molecule has 0 spiro atoms. The second-order valence-electron chi connectivity index (χ2n) is 4.14. The SMILES string of the molecule is NN(C=CC(=O)c1ccc(Cl)cc1)C(=O)c1ccncc1. The summed E-state index contributed by atoms with van der Waals surface area (Å²) in [5.41, 5.74) is 0.844. The number of hydrogen-bond donors (Lipinski definition) is 1. The van der Waals surface area contributed by atoms with Gasteiger partial charge in [0.05, 0.1) is 0 Å². The normalized spacial score (nSPS) is 10.6. The molecule has 21 heavy (non-hydrogen) atoms. The van der Waals surface area contributed by atoms with Crippen LogP contribution < -0.4 is 5.84 Å². The molecule has 0 aliphatic heterocycles. The lowest BCUT2D eigenvalue weighted by molar-refractivity contribution is 0.0821. The minimum Gasteiger partial charge on any atom is -0.289 e. The monoisotopic (exact) mass is 301 g/mol. The van der Waals surface area contributed by atoms with Crippen molar-refractivity contribution in [3.05, 3.63) is 77.2 Å². The zero-order valence-electron chi connectivity index (χ0n) is 10.9. The Hall–Kier alpha value is -2.50. The molecular formula is C15H12ClN3O2. The van der Waals surface area contributed by atoms with Crippen molar-refractivity contribution in [3.63, 3.8) is 0 Å². The molecule has 1 aromatic heterocycles. The van der Waals surface area contributed by atoms with Crippen LogP contribution in [0.4, 0.5) is 0 Å². The first-order valence-corrected chi connectivity index (χ1v) is 6.42. The summed E-state index contributed by atoms with van der Waals surface area (Å²) in [4.78, 5) is 27.6. The molecule has 0 aliphatic carbocycles. The number of hydrazine groups is 1. The van der Waals surface area contributed by atoms with Crippen molar-refractivity contribution in [1.82, 2.24) is 9.99 Å². The molecule has 0 bridgehead atoms. The van der Waals surface area contributed by atoms with Gasteiger partial charge in [-0.1, -0.05) is 11.6 Å². The third-order valence-corrected chi connectivity index (χ3v) is 2.93. The molecule has 0 saturated carbocycles. The number of nitrogens with zero attached hydrogens (tertiary/aromatic N) is 2. The van der Waals surface area contributed by atoms with Gasteiger partial charge in [0.15, 0.2) is 5.78 Å². The minimum absolute atomic E-state index is 0.273. The number of amides is 1. The molecule has 0 saturated heterocycles. The highest BCUT2D eigenvalue weighted by Crippen LogP contribution is 2.10. The molecule has 5 nitrogen and oxygen atoms in total. The summed E-state index contributed by atoms with van der Waals surface area (Å²) in [6.07, 6.45) is 5.43. The van der Waals surface area contributed by atoms with Gasteiger partial charge in [-0.05, 0) is 36.4 Å². The predicted molar refractivity (Wildman–Crippen MR) is 79.5 cm³/mol. The van der Waals surface area contributed by atoms with Gasteiger partial charge in [-0.2, -0.15) is 0 Å². The lowest BCUT2D eigenvalue weighted by Crippen LogP contribution is -2.32. The second kappa shape index (κ2) is 6.78. The Morgan fingerprint density at radius 1 is 1.05 bits per heavy atom. The molecule has 0 aliphatic rings. The van der Waals surface area contributed by atoms with Gasteiger partial charge >= 0.3 is 0 Å². The van der Waals surface area contributed by atoms with Crippen molar-refractivity contribution in [2.45, 2.75) is 0 Å². The minimum atomic E-state index is -0.433. The Morgan fingerprint density at radius 2 is 1.67 bits per heavy atom. The van der Waals surface area contributed by atoms with Crippen LogP contribution in [0.15, 0.2) is 61.1 Å². The van der Waals surface area contributed by atoms with E-state index >= 15 is 0 Å². The van der Waals surface area contributed by atoms with Gasteiger partial charge in [-0.3, -0.25) is 19.6 Å². The van der Waals surface area contributed by atoms with E-state index in [2.05, 4.69) is 4.98 Å². The number of benzene rings is 1. The lowest BCUT2D eigenvalue weighted by Gasteiger charge is -2.10. The molecule has 1 heterocycles. The number of allylic oxidation sites excluding steroid dienone is 1. The van der Waals surface area contributed by atoms with Gasteiger partial charge in [-0.15, -0.1) is 0 Å². The first-order valence-electron chi connectivity index (χ1n) is 6.04. The van der Waals surface area contributed by atoms with Gasteiger partial charge in [0.25, 0.3) is 5.91 Å². The first-order chi connectivity index (χ1) is 10.1. The molecule has 1 amide bonds. The Balaban J connectivity index is 2.05. The molecule has 2 N–H and O–H groups in total. The maximum atomic E-state index is 11.9. The molecule has 2 aromatic rings. The number of ketones is 1. The van der Waals surface area contributed by atoms with E-state index in [-0.39, 0.29) is 5.78 Å². The Morgan fingerprint density at radius 3 is 2.29 bits per heavy atom. The zero-order valence-corrected chi connectivity index (χ0v) is 11.7. The molecular weight excluding hydrogens is 290 g/mol. The van der Waals surface area contributed by atoms with Crippen molar-refractivity contribution in [1.29, 1.82) is 0 Å². The molecule has 1 aromatic carbocycles. The lowest BCUT2D eigenvalue weighted by atomic mass is 10.1. The van der Waals surface area contributed by atoms with E-state index < -0.39 is 5.91 Å². The summed E-state index contributed by atoms with van der Waals surface area (Å²) in [6.45, 7) is 0. The van der Waals surface area contributed by atoms with Gasteiger partial charge in [0, 0.05) is 40.8 Å². The molecule has 106 valence electrons. The molecule has 0 radical (unpaired) electrons. The van der Waals surface area contributed by atoms with Gasteiger partial charge in [0.1, 0.15) is 0 Å². The van der Waals surface area contributed by atoms with Crippen molar-refractivity contribution < 1.29 is 9.59 Å². The molecule has 0 unspecified atom stereocenters. The highest BCUT2D eigenvalue weighted by atomic mass is 35.5. The summed E-state index contributed by atoms with van der Waals surface area (Å²) in [6, 6.07) is 9.51. The maximum Gasteiger partial charge on any atom is 0.272 e. The van der Waals surface area contributed by atoms with Crippen LogP contribution in [0.5, 0.6) is 0 Å². The third kappa shape index (κ3) is 3.98. The maximum absolute atomic E-state index is 11.9. The average molecular weight is 302 g/mol. The van der Waals surface area contributed by atoms with E-state index in [1.165, 1.54) is 36.8 Å². The number of aromatic nitrogens is 1. The van der Waals surface area contributed by atoms with E-state index in [0.717, 1.165) is 5.01 Å². The molecule has 6 heteroatoms. The number of hydrogen-bond acceptors (Lipinski definition) is 4. The highest BCUT2D eigenvalue weighted by molar-refractivity contribution is 6.30. The fraction of sp³-hybridized carbons (Fsp3) is 0. The van der Waals surface area contributed by atoms with E-state index in [1.54, 1.807) is 24.3 Å². The van der Waals surface area contributed by atoms with Crippen molar-refractivity contribution >= 4 is 23.3 Å².